The number of thiophene rings is 1. The highest BCUT2D eigenvalue weighted by atomic mass is 32.1. The third-order valence-corrected chi connectivity index (χ3v) is 3.76. The lowest BCUT2D eigenvalue weighted by Gasteiger charge is -2.14. The van der Waals surface area contributed by atoms with Gasteiger partial charge in [0.1, 0.15) is 0 Å². The van der Waals surface area contributed by atoms with Gasteiger partial charge in [-0.05, 0) is 36.6 Å². The monoisotopic (exact) mass is 260 g/mol. The second-order valence-electron chi connectivity index (χ2n) is 4.04. The zero-order valence-electron chi connectivity index (χ0n) is 10.4. The predicted molar refractivity (Wildman–Crippen MR) is 76.2 cm³/mol. The maximum atomic E-state index is 11.5. The van der Waals surface area contributed by atoms with Crippen LogP contribution in [0, 0.1) is 0 Å². The average Bonchev–Trinajstić information content (AvgIpc) is 2.92. The Morgan fingerprint density at radius 1 is 1.28 bits per heavy atom. The molecule has 1 atom stereocenters. The van der Waals surface area contributed by atoms with Crippen molar-refractivity contribution in [2.24, 2.45) is 0 Å². The molecule has 18 heavy (non-hydrogen) atoms. The third kappa shape index (κ3) is 2.90. The van der Waals surface area contributed by atoms with Gasteiger partial charge in [-0.15, -0.1) is 11.3 Å². The molecule has 0 spiro atoms. The minimum Gasteiger partial charge on any atom is -0.378 e. The summed E-state index contributed by atoms with van der Waals surface area (Å²) in [5.74, 6) is -0.0672. The number of benzene rings is 1. The molecular weight excluding hydrogens is 244 g/mol. The lowest BCUT2D eigenvalue weighted by molar-refractivity contribution is 0.0963. The molecule has 3 nitrogen and oxygen atoms in total. The topological polar surface area (TPSA) is 41.1 Å². The minimum absolute atomic E-state index is 0.0672. The van der Waals surface area contributed by atoms with Crippen LogP contribution in [0.2, 0.25) is 0 Å². The van der Waals surface area contributed by atoms with Crippen LogP contribution in [0.1, 0.15) is 28.2 Å². The quantitative estimate of drug-likeness (QED) is 0.885. The van der Waals surface area contributed by atoms with Gasteiger partial charge < -0.3 is 10.6 Å². The number of anilines is 1. The second-order valence-corrected chi connectivity index (χ2v) is 5.02. The smallest absolute Gasteiger partial charge is 0.251 e. The van der Waals surface area contributed by atoms with Crippen LogP contribution in [0.4, 0.5) is 5.69 Å². The molecule has 1 aromatic carbocycles. The van der Waals surface area contributed by atoms with E-state index in [2.05, 4.69) is 29.0 Å². The van der Waals surface area contributed by atoms with Crippen molar-refractivity contribution < 1.29 is 4.79 Å². The van der Waals surface area contributed by atoms with Gasteiger partial charge in [-0.3, -0.25) is 4.79 Å². The highest BCUT2D eigenvalue weighted by molar-refractivity contribution is 7.10. The molecule has 2 rings (SSSR count). The van der Waals surface area contributed by atoms with Crippen molar-refractivity contribution in [1.82, 2.24) is 5.32 Å². The highest BCUT2D eigenvalue weighted by Gasteiger charge is 2.08. The number of nitrogens with one attached hydrogen (secondary N) is 2. The van der Waals surface area contributed by atoms with E-state index in [9.17, 15) is 4.79 Å². The largest absolute Gasteiger partial charge is 0.378 e. The molecule has 0 bridgehead atoms. The fourth-order valence-electron chi connectivity index (χ4n) is 1.75. The zero-order chi connectivity index (χ0) is 13.0. The van der Waals surface area contributed by atoms with Crippen LogP contribution in [-0.4, -0.2) is 13.0 Å². The molecule has 0 aliphatic heterocycles. The lowest BCUT2D eigenvalue weighted by atomic mass is 10.1. The fraction of sp³-hybridized carbons (Fsp3) is 0.214. The van der Waals surface area contributed by atoms with Gasteiger partial charge in [-0.2, -0.15) is 0 Å². The molecule has 94 valence electrons. The molecule has 0 radical (unpaired) electrons. The molecule has 0 saturated heterocycles. The summed E-state index contributed by atoms with van der Waals surface area (Å²) in [6, 6.07) is 11.9. The molecule has 4 heteroatoms. The van der Waals surface area contributed by atoms with Crippen LogP contribution in [0.25, 0.3) is 0 Å². The summed E-state index contributed by atoms with van der Waals surface area (Å²) >= 11 is 1.72. The summed E-state index contributed by atoms with van der Waals surface area (Å²) in [6.45, 7) is 2.11. The standard InChI is InChI=1S/C14H16N2OS/c1-10(13-7-4-8-18-13)16-12-6-3-5-11(9-12)14(17)15-2/h3-10,16H,1-2H3,(H,15,17). The highest BCUT2D eigenvalue weighted by Crippen LogP contribution is 2.23. The van der Waals surface area contributed by atoms with Crippen LogP contribution in [0.15, 0.2) is 41.8 Å². The Morgan fingerprint density at radius 2 is 2.11 bits per heavy atom. The third-order valence-electron chi connectivity index (χ3n) is 2.70. The van der Waals surface area contributed by atoms with Gasteiger partial charge in [0.15, 0.2) is 0 Å². The summed E-state index contributed by atoms with van der Waals surface area (Å²) < 4.78 is 0. The Labute approximate surface area is 111 Å². The van der Waals surface area contributed by atoms with Crippen LogP contribution >= 0.6 is 11.3 Å². The van der Waals surface area contributed by atoms with E-state index in [-0.39, 0.29) is 11.9 Å². The van der Waals surface area contributed by atoms with Gasteiger partial charge in [0, 0.05) is 23.2 Å². The first kappa shape index (κ1) is 12.6. The zero-order valence-corrected chi connectivity index (χ0v) is 11.3. The number of hydrogen-bond acceptors (Lipinski definition) is 3. The van der Waals surface area contributed by atoms with Crippen molar-refractivity contribution in [2.45, 2.75) is 13.0 Å². The number of hydrogen-bond donors (Lipinski definition) is 2. The summed E-state index contributed by atoms with van der Waals surface area (Å²) in [6.07, 6.45) is 0. The summed E-state index contributed by atoms with van der Waals surface area (Å²) in [7, 11) is 1.64. The fourth-order valence-corrected chi connectivity index (χ4v) is 2.49. The van der Waals surface area contributed by atoms with Gasteiger partial charge >= 0.3 is 0 Å². The SMILES string of the molecule is CNC(=O)c1cccc(NC(C)c2cccs2)c1. The number of carbonyl (C=O) groups is 1. The molecule has 1 amide bonds. The molecule has 0 aliphatic carbocycles. The molecule has 1 aromatic heterocycles. The Hall–Kier alpha value is -1.81. The molecule has 1 unspecified atom stereocenters. The van der Waals surface area contributed by atoms with E-state index in [0.717, 1.165) is 5.69 Å². The van der Waals surface area contributed by atoms with E-state index in [0.29, 0.717) is 5.56 Å². The van der Waals surface area contributed by atoms with E-state index in [1.807, 2.05) is 24.3 Å². The maximum Gasteiger partial charge on any atom is 0.251 e. The van der Waals surface area contributed by atoms with Crippen molar-refractivity contribution >= 4 is 22.9 Å². The normalized spacial score (nSPS) is 11.9. The van der Waals surface area contributed by atoms with Crippen molar-refractivity contribution in [1.29, 1.82) is 0 Å². The van der Waals surface area contributed by atoms with Crippen molar-refractivity contribution in [3.05, 3.63) is 52.2 Å². The van der Waals surface area contributed by atoms with E-state index in [4.69, 9.17) is 0 Å². The van der Waals surface area contributed by atoms with Gasteiger partial charge in [0.25, 0.3) is 5.91 Å². The molecule has 1 heterocycles. The molecule has 2 aromatic rings. The number of carbonyl (C=O) groups excluding carboxylic acids is 1. The number of rotatable bonds is 4. The first-order valence-corrected chi connectivity index (χ1v) is 6.71. The number of amides is 1. The van der Waals surface area contributed by atoms with Crippen molar-refractivity contribution in [2.75, 3.05) is 12.4 Å². The van der Waals surface area contributed by atoms with Crippen LogP contribution in [0.5, 0.6) is 0 Å². The second kappa shape index (κ2) is 5.69. The van der Waals surface area contributed by atoms with E-state index in [1.165, 1.54) is 4.88 Å². The van der Waals surface area contributed by atoms with Gasteiger partial charge in [0.05, 0.1) is 6.04 Å². The maximum absolute atomic E-state index is 11.5. The van der Waals surface area contributed by atoms with Gasteiger partial charge in [-0.25, -0.2) is 0 Å². The first-order valence-electron chi connectivity index (χ1n) is 5.83. The van der Waals surface area contributed by atoms with E-state index < -0.39 is 0 Å². The van der Waals surface area contributed by atoms with E-state index >= 15 is 0 Å². The van der Waals surface area contributed by atoms with Crippen molar-refractivity contribution in [3.8, 4) is 0 Å². The summed E-state index contributed by atoms with van der Waals surface area (Å²) in [5.41, 5.74) is 1.62. The average molecular weight is 260 g/mol. The van der Waals surface area contributed by atoms with Crippen LogP contribution in [0.3, 0.4) is 0 Å². The Kier molecular flexibility index (Phi) is 3.99. The molecule has 0 aliphatic rings. The first-order chi connectivity index (χ1) is 8.70. The van der Waals surface area contributed by atoms with Crippen LogP contribution in [-0.2, 0) is 0 Å². The predicted octanol–water partition coefficient (Wildman–Crippen LogP) is 3.28. The van der Waals surface area contributed by atoms with E-state index in [1.54, 1.807) is 24.5 Å². The van der Waals surface area contributed by atoms with Crippen LogP contribution < -0.4 is 10.6 Å². The summed E-state index contributed by atoms with van der Waals surface area (Å²) in [4.78, 5) is 12.8. The van der Waals surface area contributed by atoms with Crippen molar-refractivity contribution in [3.63, 3.8) is 0 Å². The Bertz CT molecular complexity index is 522. The minimum atomic E-state index is -0.0672. The molecule has 0 fully saturated rings. The van der Waals surface area contributed by atoms with Gasteiger partial charge in [0.2, 0.25) is 0 Å². The molecular formula is C14H16N2OS. The molecule has 0 saturated carbocycles. The Morgan fingerprint density at radius 3 is 2.78 bits per heavy atom. The Balaban J connectivity index is 2.12. The lowest BCUT2D eigenvalue weighted by Crippen LogP contribution is -2.17. The summed E-state index contributed by atoms with van der Waals surface area (Å²) in [5, 5.41) is 8.08. The van der Waals surface area contributed by atoms with Gasteiger partial charge in [-0.1, -0.05) is 12.1 Å². The molecule has 2 N–H and O–H groups in total.